The molecule has 3 aliphatic rings. The van der Waals surface area contributed by atoms with Crippen LogP contribution < -0.4 is 5.32 Å². The van der Waals surface area contributed by atoms with Gasteiger partial charge in [0.05, 0.1) is 17.6 Å². The average Bonchev–Trinajstić information content (AvgIpc) is 3.28. The maximum absolute atomic E-state index is 12.9. The predicted octanol–water partition coefficient (Wildman–Crippen LogP) is 4.69. The third kappa shape index (κ3) is 2.35. The summed E-state index contributed by atoms with van der Waals surface area (Å²) in [4.78, 5) is 21.1. The van der Waals surface area contributed by atoms with Crippen LogP contribution in [-0.4, -0.2) is 15.5 Å². The number of nitrogens with one attached hydrogen (secondary N) is 1. The molecule has 3 unspecified atom stereocenters. The van der Waals surface area contributed by atoms with Gasteiger partial charge >= 0.3 is 0 Å². The standard InChI is InChI=1S/C20H22N4O/c1-21-14-7-8-17-18(11-14)24(15-3-2-4-15)20(22-17)23-19(25)16-10-12-5-6-13(16)9-12/h7-8,11-13,15-16H,2-6,9-10H2,(H,22,23,25). The Hall–Kier alpha value is -2.35. The zero-order valence-electron chi connectivity index (χ0n) is 14.2. The van der Waals surface area contributed by atoms with Gasteiger partial charge in [0, 0.05) is 12.0 Å². The smallest absolute Gasteiger partial charge is 0.230 e. The van der Waals surface area contributed by atoms with E-state index in [1.165, 1.54) is 25.7 Å². The molecule has 2 aromatic rings. The monoisotopic (exact) mass is 334 g/mol. The Balaban J connectivity index is 1.49. The van der Waals surface area contributed by atoms with Crippen molar-refractivity contribution in [3.05, 3.63) is 29.6 Å². The van der Waals surface area contributed by atoms with Crippen molar-refractivity contribution in [2.24, 2.45) is 17.8 Å². The summed E-state index contributed by atoms with van der Waals surface area (Å²) in [5, 5.41) is 3.15. The number of fused-ring (bicyclic) bond motifs is 3. The second kappa shape index (κ2) is 5.59. The lowest BCUT2D eigenvalue weighted by molar-refractivity contribution is -0.121. The van der Waals surface area contributed by atoms with E-state index in [-0.39, 0.29) is 11.8 Å². The Bertz CT molecular complexity index is 889. The highest BCUT2D eigenvalue weighted by molar-refractivity contribution is 5.94. The molecule has 1 heterocycles. The molecule has 0 radical (unpaired) electrons. The molecule has 128 valence electrons. The molecule has 1 N–H and O–H groups in total. The van der Waals surface area contributed by atoms with Gasteiger partial charge in [0.15, 0.2) is 5.69 Å². The van der Waals surface area contributed by atoms with Crippen molar-refractivity contribution in [1.82, 2.24) is 9.55 Å². The molecule has 1 amide bonds. The number of rotatable bonds is 3. The van der Waals surface area contributed by atoms with Crippen LogP contribution in [0.2, 0.25) is 0 Å². The first-order chi connectivity index (χ1) is 12.2. The Kier molecular flexibility index (Phi) is 3.34. The number of hydrogen-bond donors (Lipinski definition) is 1. The molecule has 25 heavy (non-hydrogen) atoms. The summed E-state index contributed by atoms with van der Waals surface area (Å²) in [6.07, 6.45) is 8.22. The second-order valence-electron chi connectivity index (χ2n) is 7.95. The minimum Gasteiger partial charge on any atom is -0.308 e. The summed E-state index contributed by atoms with van der Waals surface area (Å²) in [5.41, 5.74) is 2.46. The lowest BCUT2D eigenvalue weighted by Crippen LogP contribution is -2.29. The average molecular weight is 334 g/mol. The summed E-state index contributed by atoms with van der Waals surface area (Å²) in [6, 6.07) is 5.99. The van der Waals surface area contributed by atoms with Gasteiger partial charge in [-0.05, 0) is 62.5 Å². The zero-order chi connectivity index (χ0) is 17.0. The SMILES string of the molecule is [C-]#[N+]c1ccc2nc(NC(=O)C3CC4CCC3C4)n(C3CCC3)c2c1. The summed E-state index contributed by atoms with van der Waals surface area (Å²) in [6.45, 7) is 7.26. The number of carbonyl (C=O) groups excluding carboxylic acids is 1. The van der Waals surface area contributed by atoms with Crippen molar-refractivity contribution in [2.75, 3.05) is 5.32 Å². The van der Waals surface area contributed by atoms with Crippen LogP contribution in [0.1, 0.15) is 51.0 Å². The summed E-state index contributed by atoms with van der Waals surface area (Å²) < 4.78 is 2.17. The van der Waals surface area contributed by atoms with Crippen LogP contribution in [-0.2, 0) is 4.79 Å². The third-order valence-corrected chi connectivity index (χ3v) is 6.55. The van der Waals surface area contributed by atoms with Crippen LogP contribution in [0.25, 0.3) is 15.9 Å². The number of carbonyl (C=O) groups is 1. The molecule has 5 nitrogen and oxygen atoms in total. The van der Waals surface area contributed by atoms with Gasteiger partial charge in [-0.25, -0.2) is 9.83 Å². The molecule has 0 aliphatic heterocycles. The third-order valence-electron chi connectivity index (χ3n) is 6.55. The molecule has 3 fully saturated rings. The maximum Gasteiger partial charge on any atom is 0.230 e. The number of aromatic nitrogens is 2. The molecule has 3 aliphatic carbocycles. The highest BCUT2D eigenvalue weighted by atomic mass is 16.2. The number of benzene rings is 1. The van der Waals surface area contributed by atoms with E-state index in [1.54, 1.807) is 6.07 Å². The van der Waals surface area contributed by atoms with Gasteiger partial charge in [-0.15, -0.1) is 0 Å². The number of amides is 1. The predicted molar refractivity (Wildman–Crippen MR) is 96.5 cm³/mol. The Morgan fingerprint density at radius 3 is 2.76 bits per heavy atom. The van der Waals surface area contributed by atoms with Crippen LogP contribution in [0, 0.1) is 24.3 Å². The Morgan fingerprint density at radius 2 is 2.12 bits per heavy atom. The molecular weight excluding hydrogens is 312 g/mol. The first-order valence-corrected chi connectivity index (χ1v) is 9.43. The van der Waals surface area contributed by atoms with Crippen LogP contribution in [0.3, 0.4) is 0 Å². The first-order valence-electron chi connectivity index (χ1n) is 9.43. The van der Waals surface area contributed by atoms with Gasteiger partial charge in [-0.2, -0.15) is 0 Å². The van der Waals surface area contributed by atoms with Gasteiger partial charge in [0.25, 0.3) is 0 Å². The highest BCUT2D eigenvalue weighted by Crippen LogP contribution is 2.48. The van der Waals surface area contributed by atoms with Gasteiger partial charge in [-0.1, -0.05) is 12.5 Å². The molecule has 2 bridgehead atoms. The van der Waals surface area contributed by atoms with Crippen molar-refractivity contribution in [2.45, 2.75) is 51.0 Å². The van der Waals surface area contributed by atoms with Crippen molar-refractivity contribution >= 4 is 28.6 Å². The summed E-state index contributed by atoms with van der Waals surface area (Å²) in [5.74, 6) is 2.31. The van der Waals surface area contributed by atoms with Gasteiger partial charge in [-0.3, -0.25) is 10.1 Å². The van der Waals surface area contributed by atoms with Crippen LogP contribution in [0.4, 0.5) is 11.6 Å². The fourth-order valence-electron chi connectivity index (χ4n) is 5.02. The molecule has 1 aromatic heterocycles. The van der Waals surface area contributed by atoms with E-state index in [9.17, 15) is 4.79 Å². The lowest BCUT2D eigenvalue weighted by Gasteiger charge is -2.29. The summed E-state index contributed by atoms with van der Waals surface area (Å²) >= 11 is 0. The number of hydrogen-bond acceptors (Lipinski definition) is 2. The minimum absolute atomic E-state index is 0.147. The minimum atomic E-state index is 0.147. The van der Waals surface area contributed by atoms with Crippen LogP contribution in [0.15, 0.2) is 18.2 Å². The molecule has 3 atom stereocenters. The summed E-state index contributed by atoms with van der Waals surface area (Å²) in [7, 11) is 0. The van der Waals surface area contributed by atoms with E-state index in [4.69, 9.17) is 11.6 Å². The number of nitrogens with zero attached hydrogens (tertiary/aromatic N) is 3. The quantitative estimate of drug-likeness (QED) is 0.828. The fraction of sp³-hybridized carbons (Fsp3) is 0.550. The number of imidazole rings is 1. The Labute approximate surface area is 147 Å². The topological polar surface area (TPSA) is 51.3 Å². The van der Waals surface area contributed by atoms with Gasteiger partial charge in [0.2, 0.25) is 11.9 Å². The van der Waals surface area contributed by atoms with Crippen molar-refractivity contribution in [3.63, 3.8) is 0 Å². The normalized spacial score (nSPS) is 28.0. The molecule has 0 spiro atoms. The van der Waals surface area contributed by atoms with Crippen LogP contribution >= 0.6 is 0 Å². The fourth-order valence-corrected chi connectivity index (χ4v) is 5.02. The van der Waals surface area contributed by atoms with Crippen molar-refractivity contribution < 1.29 is 4.79 Å². The molecule has 5 rings (SSSR count). The first kappa shape index (κ1) is 14.9. The van der Waals surface area contributed by atoms with E-state index in [0.29, 0.717) is 23.6 Å². The van der Waals surface area contributed by atoms with Gasteiger partial charge in [0.1, 0.15) is 0 Å². The molecule has 0 saturated heterocycles. The molecule has 1 aromatic carbocycles. The largest absolute Gasteiger partial charge is 0.308 e. The second-order valence-corrected chi connectivity index (χ2v) is 7.95. The molecule has 3 saturated carbocycles. The zero-order valence-corrected chi connectivity index (χ0v) is 14.2. The van der Waals surface area contributed by atoms with E-state index < -0.39 is 0 Å². The van der Waals surface area contributed by atoms with Crippen molar-refractivity contribution in [1.29, 1.82) is 0 Å². The maximum atomic E-state index is 12.9. The van der Waals surface area contributed by atoms with E-state index >= 15 is 0 Å². The lowest BCUT2D eigenvalue weighted by atomic mass is 9.88. The molecular formula is C20H22N4O. The van der Waals surface area contributed by atoms with E-state index in [0.717, 1.165) is 36.2 Å². The van der Waals surface area contributed by atoms with E-state index in [1.807, 2.05) is 12.1 Å². The number of anilines is 1. The Morgan fingerprint density at radius 1 is 1.24 bits per heavy atom. The van der Waals surface area contributed by atoms with E-state index in [2.05, 4.69) is 14.7 Å². The highest BCUT2D eigenvalue weighted by Gasteiger charge is 2.43. The van der Waals surface area contributed by atoms with Gasteiger partial charge < -0.3 is 4.57 Å². The molecule has 5 heteroatoms. The van der Waals surface area contributed by atoms with Crippen molar-refractivity contribution in [3.8, 4) is 0 Å². The van der Waals surface area contributed by atoms with Crippen LogP contribution in [0.5, 0.6) is 0 Å².